The van der Waals surface area contributed by atoms with E-state index in [1.54, 1.807) is 0 Å². The minimum absolute atomic E-state index is 0.309. The number of nitrogens with zero attached hydrogens (tertiary/aromatic N) is 1. The zero-order valence-corrected chi connectivity index (χ0v) is 18.8. The van der Waals surface area contributed by atoms with E-state index in [1.165, 1.54) is 16.7 Å². The normalized spacial score (nSPS) is 13.9. The van der Waals surface area contributed by atoms with Gasteiger partial charge in [-0.15, -0.1) is 0 Å². The molecule has 3 aromatic carbocycles. The summed E-state index contributed by atoms with van der Waals surface area (Å²) in [5, 5.41) is 3.26. The molecule has 0 radical (unpaired) electrons. The van der Waals surface area contributed by atoms with Crippen molar-refractivity contribution in [3.05, 3.63) is 99.6 Å². The first kappa shape index (κ1) is 20.9. The molecule has 0 bridgehead atoms. The first-order valence-corrected chi connectivity index (χ1v) is 10.9. The number of benzene rings is 3. The van der Waals surface area contributed by atoms with Crippen LogP contribution in [0.4, 0.5) is 11.4 Å². The van der Waals surface area contributed by atoms with Crippen LogP contribution < -0.4 is 10.2 Å². The van der Waals surface area contributed by atoms with Crippen molar-refractivity contribution in [2.24, 2.45) is 0 Å². The molecule has 0 unspecified atom stereocenters. The lowest BCUT2D eigenvalue weighted by Crippen LogP contribution is -2.32. The Bertz CT molecular complexity index is 1200. The Labute approximate surface area is 187 Å². The molecule has 0 fully saturated rings. The molecule has 1 heterocycles. The number of hydrogen-bond donors (Lipinski definition) is 1. The lowest BCUT2D eigenvalue weighted by molar-refractivity contribution is -0.120. The van der Waals surface area contributed by atoms with Crippen LogP contribution in [0.25, 0.3) is 0 Å². The quantitative estimate of drug-likeness (QED) is 0.513. The number of carbonyl (C=O) groups excluding carboxylic acids is 2. The van der Waals surface area contributed by atoms with Crippen molar-refractivity contribution in [2.75, 3.05) is 10.2 Å². The Morgan fingerprint density at radius 1 is 0.742 bits per heavy atom. The van der Waals surface area contributed by atoms with Gasteiger partial charge in [0.25, 0.3) is 11.8 Å². The van der Waals surface area contributed by atoms with Crippen molar-refractivity contribution in [2.45, 2.75) is 32.6 Å². The molecule has 4 nitrogen and oxygen atoms in total. The van der Waals surface area contributed by atoms with Gasteiger partial charge in [0.2, 0.25) is 0 Å². The second-order valence-electron chi connectivity index (χ2n) is 7.85. The highest BCUT2D eigenvalue weighted by atomic mass is 32.2. The van der Waals surface area contributed by atoms with Crippen LogP contribution in [-0.4, -0.2) is 11.8 Å². The molecule has 1 aliphatic rings. The maximum Gasteiger partial charge on any atom is 0.283 e. The van der Waals surface area contributed by atoms with E-state index >= 15 is 0 Å². The number of thioether (sulfide) groups is 1. The van der Waals surface area contributed by atoms with E-state index in [2.05, 4.69) is 11.4 Å². The summed E-state index contributed by atoms with van der Waals surface area (Å²) in [5.74, 6) is -0.649. The zero-order valence-electron chi connectivity index (χ0n) is 18.0. The summed E-state index contributed by atoms with van der Waals surface area (Å²) in [6, 6.07) is 21.4. The van der Waals surface area contributed by atoms with Gasteiger partial charge in [-0.25, -0.2) is 4.90 Å². The van der Waals surface area contributed by atoms with Crippen LogP contribution in [0, 0.1) is 27.7 Å². The molecule has 5 heteroatoms. The Morgan fingerprint density at radius 3 is 2.06 bits per heavy atom. The Hall–Kier alpha value is -3.31. The molecule has 0 saturated carbocycles. The van der Waals surface area contributed by atoms with Crippen molar-refractivity contribution in [1.82, 2.24) is 0 Å². The number of amides is 2. The molecule has 0 aliphatic carbocycles. The monoisotopic (exact) mass is 428 g/mol. The molecule has 3 aromatic rings. The molecule has 31 heavy (non-hydrogen) atoms. The molecule has 156 valence electrons. The molecule has 0 atom stereocenters. The van der Waals surface area contributed by atoms with Gasteiger partial charge in [0.15, 0.2) is 0 Å². The summed E-state index contributed by atoms with van der Waals surface area (Å²) in [7, 11) is 0. The number of nitrogens with one attached hydrogen (secondary N) is 1. The molecular weight excluding hydrogens is 404 g/mol. The van der Waals surface area contributed by atoms with Crippen LogP contribution in [0.5, 0.6) is 0 Å². The highest BCUT2D eigenvalue weighted by Crippen LogP contribution is 2.38. The number of rotatable bonds is 5. The first-order chi connectivity index (χ1) is 14.8. The third-order valence-electron chi connectivity index (χ3n) is 5.11. The van der Waals surface area contributed by atoms with Gasteiger partial charge in [0.1, 0.15) is 10.6 Å². The van der Waals surface area contributed by atoms with Crippen molar-refractivity contribution in [3.63, 3.8) is 0 Å². The summed E-state index contributed by atoms with van der Waals surface area (Å²) in [5.41, 5.74) is 5.88. The fraction of sp³-hybridized carbons (Fsp3) is 0.154. The van der Waals surface area contributed by atoms with E-state index in [4.69, 9.17) is 0 Å². The topological polar surface area (TPSA) is 49.4 Å². The van der Waals surface area contributed by atoms with Crippen LogP contribution in [0.3, 0.4) is 0 Å². The summed E-state index contributed by atoms with van der Waals surface area (Å²) in [6.45, 7) is 7.94. The number of imide groups is 1. The summed E-state index contributed by atoms with van der Waals surface area (Å²) >= 11 is 1.31. The van der Waals surface area contributed by atoms with Crippen LogP contribution in [0.2, 0.25) is 0 Å². The summed E-state index contributed by atoms with van der Waals surface area (Å²) in [4.78, 5) is 29.5. The maximum atomic E-state index is 13.5. The van der Waals surface area contributed by atoms with E-state index in [-0.39, 0.29) is 11.8 Å². The lowest BCUT2D eigenvalue weighted by Gasteiger charge is -2.17. The second kappa shape index (κ2) is 8.44. The van der Waals surface area contributed by atoms with Gasteiger partial charge < -0.3 is 5.32 Å². The smallest absolute Gasteiger partial charge is 0.283 e. The van der Waals surface area contributed by atoms with Crippen molar-refractivity contribution in [1.29, 1.82) is 0 Å². The van der Waals surface area contributed by atoms with E-state index in [0.717, 1.165) is 32.8 Å². The van der Waals surface area contributed by atoms with Crippen molar-refractivity contribution >= 4 is 35.0 Å². The second-order valence-corrected chi connectivity index (χ2v) is 8.94. The fourth-order valence-corrected chi connectivity index (χ4v) is 4.67. The molecule has 4 rings (SSSR count). The van der Waals surface area contributed by atoms with E-state index < -0.39 is 0 Å². The first-order valence-electron chi connectivity index (χ1n) is 10.1. The Kier molecular flexibility index (Phi) is 5.70. The third-order valence-corrected chi connectivity index (χ3v) is 6.20. The van der Waals surface area contributed by atoms with Crippen molar-refractivity contribution < 1.29 is 9.59 Å². The van der Waals surface area contributed by atoms with Crippen LogP contribution >= 0.6 is 11.8 Å². The largest absolute Gasteiger partial charge is 0.350 e. The zero-order chi connectivity index (χ0) is 22.1. The highest BCUT2D eigenvalue weighted by Gasteiger charge is 2.40. The molecule has 2 amide bonds. The highest BCUT2D eigenvalue weighted by molar-refractivity contribution is 8.04. The fourth-order valence-electron chi connectivity index (χ4n) is 3.72. The van der Waals surface area contributed by atoms with Crippen molar-refractivity contribution in [3.8, 4) is 0 Å². The Morgan fingerprint density at radius 2 is 1.42 bits per heavy atom. The van der Waals surface area contributed by atoms with Gasteiger partial charge in [-0.2, -0.15) is 0 Å². The van der Waals surface area contributed by atoms with E-state index in [1.807, 2.05) is 88.4 Å². The van der Waals surface area contributed by atoms with Gasteiger partial charge in [-0.3, -0.25) is 9.59 Å². The van der Waals surface area contributed by atoms with Gasteiger partial charge in [0.05, 0.1) is 5.69 Å². The predicted molar refractivity (Wildman–Crippen MR) is 127 cm³/mol. The standard InChI is InChI=1S/C26H24N2O2S/c1-16-10-11-22(19(4)13-16)27-23-24(31-21-8-6-5-7-9-21)26(30)28(25(23)29)20-14-17(2)12-18(3)15-20/h5-15,27H,1-4H3. The van der Waals surface area contributed by atoms with Crippen LogP contribution in [0.1, 0.15) is 22.3 Å². The molecule has 0 saturated heterocycles. The van der Waals surface area contributed by atoms with E-state index in [9.17, 15) is 9.59 Å². The minimum atomic E-state index is -0.339. The SMILES string of the molecule is Cc1cc(C)cc(N2C(=O)C(Nc3ccc(C)cc3C)=C(Sc3ccccc3)C2=O)c1. The van der Waals surface area contributed by atoms with Gasteiger partial charge in [-0.1, -0.05) is 53.7 Å². The predicted octanol–water partition coefficient (Wildman–Crippen LogP) is 5.91. The van der Waals surface area contributed by atoms with E-state index in [0.29, 0.717) is 16.3 Å². The molecule has 1 aliphatic heterocycles. The molecule has 0 spiro atoms. The lowest BCUT2D eigenvalue weighted by atomic mass is 10.1. The van der Waals surface area contributed by atoms with Gasteiger partial charge in [-0.05, 0) is 74.7 Å². The average Bonchev–Trinajstić information content (AvgIpc) is 2.94. The third kappa shape index (κ3) is 4.28. The summed E-state index contributed by atoms with van der Waals surface area (Å²) in [6.07, 6.45) is 0. The number of anilines is 2. The number of carbonyl (C=O) groups is 2. The molecule has 0 aromatic heterocycles. The van der Waals surface area contributed by atoms with Crippen LogP contribution in [-0.2, 0) is 9.59 Å². The average molecular weight is 429 g/mol. The Balaban J connectivity index is 1.78. The molecule has 1 N–H and O–H groups in total. The summed E-state index contributed by atoms with van der Waals surface area (Å²) < 4.78 is 0. The van der Waals surface area contributed by atoms with Gasteiger partial charge in [0, 0.05) is 10.6 Å². The number of aryl methyl sites for hydroxylation is 4. The van der Waals surface area contributed by atoms with Crippen LogP contribution in [0.15, 0.2) is 82.2 Å². The molecular formula is C26H24N2O2S. The van der Waals surface area contributed by atoms with Gasteiger partial charge >= 0.3 is 0 Å². The number of hydrogen-bond acceptors (Lipinski definition) is 4. The minimum Gasteiger partial charge on any atom is -0.350 e. The maximum absolute atomic E-state index is 13.5.